The highest BCUT2D eigenvalue weighted by Crippen LogP contribution is 2.08. The SMILES string of the molecule is Cc1cccc(CC(=O)N(C)CCC(C)Br)c1. The van der Waals surface area contributed by atoms with E-state index in [4.69, 9.17) is 0 Å². The lowest BCUT2D eigenvalue weighted by Crippen LogP contribution is -2.30. The van der Waals surface area contributed by atoms with Crippen LogP contribution in [0.2, 0.25) is 0 Å². The summed E-state index contributed by atoms with van der Waals surface area (Å²) in [5.41, 5.74) is 2.29. The third-order valence-electron chi connectivity index (χ3n) is 2.73. The molecule has 0 aromatic heterocycles. The second-order valence-electron chi connectivity index (χ2n) is 4.55. The number of likely N-dealkylation sites (N-methyl/N-ethyl adjacent to an activating group) is 1. The molecule has 0 radical (unpaired) electrons. The molecule has 0 aliphatic heterocycles. The molecule has 1 rings (SSSR count). The molecule has 0 saturated heterocycles. The minimum absolute atomic E-state index is 0.184. The monoisotopic (exact) mass is 297 g/mol. The normalized spacial score (nSPS) is 12.2. The van der Waals surface area contributed by atoms with Crippen LogP contribution in [0.4, 0.5) is 0 Å². The molecule has 0 heterocycles. The van der Waals surface area contributed by atoms with E-state index in [1.807, 2.05) is 32.2 Å². The largest absolute Gasteiger partial charge is 0.345 e. The zero-order chi connectivity index (χ0) is 12.8. The summed E-state index contributed by atoms with van der Waals surface area (Å²) in [5.74, 6) is 0.184. The molecule has 1 aromatic carbocycles. The molecule has 1 aromatic rings. The summed E-state index contributed by atoms with van der Waals surface area (Å²) in [7, 11) is 1.87. The van der Waals surface area contributed by atoms with Gasteiger partial charge in [-0.1, -0.05) is 52.7 Å². The number of benzene rings is 1. The highest BCUT2D eigenvalue weighted by molar-refractivity contribution is 9.09. The molecule has 1 atom stereocenters. The minimum Gasteiger partial charge on any atom is -0.345 e. The van der Waals surface area contributed by atoms with E-state index in [0.29, 0.717) is 11.2 Å². The Bertz CT molecular complexity index is 376. The van der Waals surface area contributed by atoms with Crippen LogP contribution in [0.15, 0.2) is 24.3 Å². The molecular weight excluding hydrogens is 278 g/mol. The Morgan fingerprint density at radius 2 is 2.18 bits per heavy atom. The number of carbonyl (C=O) groups is 1. The van der Waals surface area contributed by atoms with Gasteiger partial charge in [-0.05, 0) is 18.9 Å². The number of carbonyl (C=O) groups excluding carboxylic acids is 1. The number of amides is 1. The van der Waals surface area contributed by atoms with Gasteiger partial charge in [-0.15, -0.1) is 0 Å². The minimum atomic E-state index is 0.184. The van der Waals surface area contributed by atoms with Crippen molar-refractivity contribution in [2.24, 2.45) is 0 Å². The number of rotatable bonds is 5. The average Bonchev–Trinajstić information content (AvgIpc) is 2.25. The predicted octanol–water partition coefficient (Wildman–Crippen LogP) is 3.17. The van der Waals surface area contributed by atoms with Crippen LogP contribution < -0.4 is 0 Å². The zero-order valence-corrected chi connectivity index (χ0v) is 12.3. The number of hydrogen-bond donors (Lipinski definition) is 0. The first kappa shape index (κ1) is 14.2. The van der Waals surface area contributed by atoms with Gasteiger partial charge >= 0.3 is 0 Å². The lowest BCUT2D eigenvalue weighted by Gasteiger charge is -2.18. The van der Waals surface area contributed by atoms with Crippen molar-refractivity contribution in [3.8, 4) is 0 Å². The molecule has 1 amide bonds. The lowest BCUT2D eigenvalue weighted by molar-refractivity contribution is -0.129. The first-order chi connectivity index (χ1) is 7.99. The number of alkyl halides is 1. The Labute approximate surface area is 112 Å². The van der Waals surface area contributed by atoms with E-state index in [1.165, 1.54) is 5.56 Å². The maximum Gasteiger partial charge on any atom is 0.226 e. The van der Waals surface area contributed by atoms with E-state index in [1.54, 1.807) is 4.90 Å². The zero-order valence-electron chi connectivity index (χ0n) is 10.7. The average molecular weight is 298 g/mol. The summed E-state index contributed by atoms with van der Waals surface area (Å²) in [6.45, 7) is 4.94. The fourth-order valence-corrected chi connectivity index (χ4v) is 1.83. The molecule has 0 fully saturated rings. The fraction of sp³-hybridized carbons (Fsp3) is 0.500. The molecule has 0 spiro atoms. The molecule has 0 saturated carbocycles. The Morgan fingerprint density at radius 1 is 1.47 bits per heavy atom. The van der Waals surface area contributed by atoms with E-state index in [2.05, 4.69) is 28.9 Å². The van der Waals surface area contributed by atoms with Gasteiger partial charge in [0.1, 0.15) is 0 Å². The molecule has 94 valence electrons. The quantitative estimate of drug-likeness (QED) is 0.765. The smallest absolute Gasteiger partial charge is 0.226 e. The summed E-state index contributed by atoms with van der Waals surface area (Å²) < 4.78 is 0. The summed E-state index contributed by atoms with van der Waals surface area (Å²) in [5, 5.41) is 0. The van der Waals surface area contributed by atoms with Gasteiger partial charge in [0.05, 0.1) is 6.42 Å². The Morgan fingerprint density at radius 3 is 2.76 bits per heavy atom. The first-order valence-electron chi connectivity index (χ1n) is 5.92. The number of halogens is 1. The molecule has 3 heteroatoms. The Balaban J connectivity index is 2.48. The van der Waals surface area contributed by atoms with Crippen molar-refractivity contribution in [2.45, 2.75) is 31.5 Å². The summed E-state index contributed by atoms with van der Waals surface area (Å²) in [4.78, 5) is 14.2. The van der Waals surface area contributed by atoms with Crippen molar-refractivity contribution in [3.63, 3.8) is 0 Å². The van der Waals surface area contributed by atoms with Gasteiger partial charge in [0.2, 0.25) is 5.91 Å². The number of aryl methyl sites for hydroxylation is 1. The van der Waals surface area contributed by atoms with Crippen molar-refractivity contribution in [3.05, 3.63) is 35.4 Å². The summed E-state index contributed by atoms with van der Waals surface area (Å²) in [6, 6.07) is 8.12. The van der Waals surface area contributed by atoms with Crippen LogP contribution in [0.5, 0.6) is 0 Å². The molecule has 0 aliphatic carbocycles. The maximum atomic E-state index is 11.9. The molecule has 0 bridgehead atoms. The summed E-state index contributed by atoms with van der Waals surface area (Å²) in [6.07, 6.45) is 1.48. The molecule has 17 heavy (non-hydrogen) atoms. The topological polar surface area (TPSA) is 20.3 Å². The van der Waals surface area contributed by atoms with Crippen molar-refractivity contribution >= 4 is 21.8 Å². The van der Waals surface area contributed by atoms with Gasteiger partial charge in [0.15, 0.2) is 0 Å². The molecule has 2 nitrogen and oxygen atoms in total. The van der Waals surface area contributed by atoms with Crippen LogP contribution in [-0.2, 0) is 11.2 Å². The molecule has 0 aliphatic rings. The van der Waals surface area contributed by atoms with Gasteiger partial charge in [-0.25, -0.2) is 0 Å². The predicted molar refractivity (Wildman–Crippen MR) is 75.5 cm³/mol. The van der Waals surface area contributed by atoms with E-state index in [9.17, 15) is 4.79 Å². The van der Waals surface area contributed by atoms with Gasteiger partial charge in [-0.3, -0.25) is 4.79 Å². The van der Waals surface area contributed by atoms with Gasteiger partial charge in [0, 0.05) is 18.4 Å². The van der Waals surface area contributed by atoms with E-state index in [0.717, 1.165) is 18.5 Å². The lowest BCUT2D eigenvalue weighted by atomic mass is 10.1. The van der Waals surface area contributed by atoms with Gasteiger partial charge < -0.3 is 4.90 Å². The van der Waals surface area contributed by atoms with Crippen LogP contribution in [0.1, 0.15) is 24.5 Å². The van der Waals surface area contributed by atoms with Gasteiger partial charge in [0.25, 0.3) is 0 Å². The van der Waals surface area contributed by atoms with Crippen LogP contribution in [-0.4, -0.2) is 29.2 Å². The number of hydrogen-bond acceptors (Lipinski definition) is 1. The van der Waals surface area contributed by atoms with Crippen LogP contribution in [0, 0.1) is 6.92 Å². The van der Waals surface area contributed by atoms with Gasteiger partial charge in [-0.2, -0.15) is 0 Å². The van der Waals surface area contributed by atoms with Crippen LogP contribution >= 0.6 is 15.9 Å². The third kappa shape index (κ3) is 5.35. The molecule has 1 unspecified atom stereocenters. The number of nitrogens with zero attached hydrogens (tertiary/aromatic N) is 1. The maximum absolute atomic E-state index is 11.9. The molecular formula is C14H20BrNO. The second-order valence-corrected chi connectivity index (χ2v) is 6.11. The van der Waals surface area contributed by atoms with Crippen molar-refractivity contribution in [1.82, 2.24) is 4.90 Å². The van der Waals surface area contributed by atoms with E-state index in [-0.39, 0.29) is 5.91 Å². The van der Waals surface area contributed by atoms with Crippen LogP contribution in [0.3, 0.4) is 0 Å². The highest BCUT2D eigenvalue weighted by Gasteiger charge is 2.10. The molecule has 0 N–H and O–H groups in total. The third-order valence-corrected chi connectivity index (χ3v) is 3.18. The standard InChI is InChI=1S/C14H20BrNO/c1-11-5-4-6-13(9-11)10-14(17)16(3)8-7-12(2)15/h4-6,9,12H,7-8,10H2,1-3H3. The highest BCUT2D eigenvalue weighted by atomic mass is 79.9. The first-order valence-corrected chi connectivity index (χ1v) is 6.84. The Hall–Kier alpha value is -0.830. The van der Waals surface area contributed by atoms with Crippen LogP contribution in [0.25, 0.3) is 0 Å². The summed E-state index contributed by atoms with van der Waals surface area (Å²) >= 11 is 3.49. The van der Waals surface area contributed by atoms with Crippen molar-refractivity contribution < 1.29 is 4.79 Å². The van der Waals surface area contributed by atoms with Crippen molar-refractivity contribution in [1.29, 1.82) is 0 Å². The fourth-order valence-electron chi connectivity index (χ4n) is 1.63. The second kappa shape index (κ2) is 6.80. The van der Waals surface area contributed by atoms with Crippen molar-refractivity contribution in [2.75, 3.05) is 13.6 Å². The Kier molecular flexibility index (Phi) is 5.69. The van der Waals surface area contributed by atoms with E-state index >= 15 is 0 Å². The van der Waals surface area contributed by atoms with E-state index < -0.39 is 0 Å².